The molecule has 0 spiro atoms. The summed E-state index contributed by atoms with van der Waals surface area (Å²) in [7, 11) is 1.44. The molecular weight excluding hydrogens is 229 g/mol. The van der Waals surface area contributed by atoms with Gasteiger partial charge in [0.2, 0.25) is 0 Å². The van der Waals surface area contributed by atoms with Crippen LogP contribution < -0.4 is 5.73 Å². The lowest BCUT2D eigenvalue weighted by Gasteiger charge is -2.21. The van der Waals surface area contributed by atoms with Gasteiger partial charge in [0.25, 0.3) is 0 Å². The summed E-state index contributed by atoms with van der Waals surface area (Å²) in [5.41, 5.74) is 4.85. The molecule has 0 aliphatic carbocycles. The van der Waals surface area contributed by atoms with E-state index in [0.717, 1.165) is 6.20 Å². The number of alkyl halides is 3. The Kier molecular flexibility index (Phi) is 3.37. The molecule has 15 heavy (non-hydrogen) atoms. The van der Waals surface area contributed by atoms with E-state index in [1.54, 1.807) is 6.92 Å². The highest BCUT2D eigenvalue weighted by molar-refractivity contribution is 7.11. The Morgan fingerprint density at radius 1 is 1.53 bits per heavy atom. The first-order valence-corrected chi connectivity index (χ1v) is 4.90. The zero-order chi connectivity index (χ0) is 11.7. The quantitative estimate of drug-likeness (QED) is 0.878. The first-order chi connectivity index (χ1) is 6.77. The molecule has 1 atom stereocenters. The molecule has 0 amide bonds. The lowest BCUT2D eigenvalue weighted by Crippen LogP contribution is -2.36. The molecule has 1 unspecified atom stereocenters. The van der Waals surface area contributed by atoms with E-state index < -0.39 is 16.7 Å². The van der Waals surface area contributed by atoms with Crippen LogP contribution in [0, 0.1) is 0 Å². The smallest absolute Gasteiger partial charge is 0.382 e. The zero-order valence-electron chi connectivity index (χ0n) is 8.26. The van der Waals surface area contributed by atoms with Crippen molar-refractivity contribution in [2.45, 2.75) is 18.6 Å². The molecule has 3 nitrogen and oxygen atoms in total. The molecule has 86 valence electrons. The van der Waals surface area contributed by atoms with Crippen LogP contribution in [0.4, 0.5) is 13.2 Å². The Labute approximate surface area is 89.1 Å². The van der Waals surface area contributed by atoms with Gasteiger partial charge in [0, 0.05) is 18.2 Å². The van der Waals surface area contributed by atoms with Gasteiger partial charge in [-0.2, -0.15) is 13.2 Å². The first-order valence-electron chi connectivity index (χ1n) is 4.08. The van der Waals surface area contributed by atoms with Crippen LogP contribution in [0.3, 0.4) is 0 Å². The van der Waals surface area contributed by atoms with E-state index in [4.69, 9.17) is 10.5 Å². The van der Waals surface area contributed by atoms with Crippen LogP contribution in [-0.2, 0) is 16.5 Å². The van der Waals surface area contributed by atoms with Crippen molar-refractivity contribution in [2.24, 2.45) is 5.73 Å². The van der Waals surface area contributed by atoms with Crippen LogP contribution >= 0.6 is 11.3 Å². The summed E-state index contributed by atoms with van der Waals surface area (Å²) in [6.07, 6.45) is -3.27. The summed E-state index contributed by atoms with van der Waals surface area (Å²) in [6.45, 7) is 1.75. The maximum atomic E-state index is 12.3. The Morgan fingerprint density at radius 2 is 2.13 bits per heavy atom. The minimum Gasteiger partial charge on any atom is -0.382 e. The number of aromatic nitrogens is 1. The van der Waals surface area contributed by atoms with E-state index in [0.29, 0.717) is 16.2 Å². The van der Waals surface area contributed by atoms with Crippen molar-refractivity contribution >= 4 is 11.3 Å². The second-order valence-electron chi connectivity index (χ2n) is 3.38. The van der Waals surface area contributed by atoms with Crippen LogP contribution in [0.25, 0.3) is 0 Å². The molecule has 2 N–H and O–H groups in total. The van der Waals surface area contributed by atoms with Gasteiger partial charge in [-0.15, -0.1) is 11.3 Å². The highest BCUT2D eigenvalue weighted by Gasteiger charge is 2.36. The van der Waals surface area contributed by atoms with Crippen LogP contribution in [0.1, 0.15) is 16.8 Å². The number of hydrogen-bond acceptors (Lipinski definition) is 4. The topological polar surface area (TPSA) is 48.1 Å². The molecule has 0 aliphatic rings. The molecule has 1 rings (SSSR count). The number of hydrogen-bond donors (Lipinski definition) is 1. The molecule has 1 heterocycles. The number of methoxy groups -OCH3 is 1. The molecular formula is C8H11F3N2OS. The van der Waals surface area contributed by atoms with Crippen molar-refractivity contribution in [2.75, 3.05) is 13.7 Å². The average molecular weight is 240 g/mol. The highest BCUT2D eigenvalue weighted by Crippen LogP contribution is 2.35. The Hall–Kier alpha value is -0.660. The fourth-order valence-electron chi connectivity index (χ4n) is 1.04. The largest absolute Gasteiger partial charge is 0.443 e. The van der Waals surface area contributed by atoms with Crippen molar-refractivity contribution in [3.63, 3.8) is 0 Å². The number of rotatable bonds is 3. The number of halogens is 3. The van der Waals surface area contributed by atoms with E-state index in [9.17, 15) is 13.2 Å². The Balaban J connectivity index is 2.94. The van der Waals surface area contributed by atoms with Crippen LogP contribution in [-0.4, -0.2) is 18.7 Å². The third-order valence-corrected chi connectivity index (χ3v) is 3.08. The number of nitrogens with two attached hydrogens (primary N) is 1. The maximum Gasteiger partial charge on any atom is 0.443 e. The summed E-state index contributed by atoms with van der Waals surface area (Å²) >= 11 is 0.546. The fourth-order valence-corrected chi connectivity index (χ4v) is 1.87. The zero-order valence-corrected chi connectivity index (χ0v) is 9.08. The Morgan fingerprint density at radius 3 is 2.53 bits per heavy atom. The van der Waals surface area contributed by atoms with Gasteiger partial charge in [0.05, 0.1) is 12.1 Å². The van der Waals surface area contributed by atoms with E-state index in [2.05, 4.69) is 4.98 Å². The van der Waals surface area contributed by atoms with Gasteiger partial charge < -0.3 is 10.5 Å². The Bertz CT molecular complexity index is 335. The van der Waals surface area contributed by atoms with E-state index in [1.807, 2.05) is 0 Å². The van der Waals surface area contributed by atoms with Gasteiger partial charge >= 0.3 is 6.18 Å². The van der Waals surface area contributed by atoms with Crippen molar-refractivity contribution in [3.05, 3.63) is 16.1 Å². The highest BCUT2D eigenvalue weighted by atomic mass is 32.1. The second-order valence-corrected chi connectivity index (χ2v) is 4.41. The monoisotopic (exact) mass is 240 g/mol. The molecule has 0 fully saturated rings. The number of ether oxygens (including phenoxy) is 1. The lowest BCUT2D eigenvalue weighted by atomic mass is 10.0. The van der Waals surface area contributed by atoms with E-state index >= 15 is 0 Å². The van der Waals surface area contributed by atoms with Crippen molar-refractivity contribution in [3.8, 4) is 0 Å². The molecule has 0 saturated heterocycles. The normalized spacial score (nSPS) is 16.4. The minimum absolute atomic E-state index is 0.145. The van der Waals surface area contributed by atoms with Gasteiger partial charge in [-0.05, 0) is 6.92 Å². The predicted molar refractivity (Wildman–Crippen MR) is 50.5 cm³/mol. The summed E-state index contributed by atoms with van der Waals surface area (Å²) < 4.78 is 41.6. The van der Waals surface area contributed by atoms with Gasteiger partial charge in [0.1, 0.15) is 0 Å². The van der Waals surface area contributed by atoms with Gasteiger partial charge in [-0.25, -0.2) is 4.98 Å². The number of thiazole rings is 1. The predicted octanol–water partition coefficient (Wildman–Crippen LogP) is 1.98. The molecule has 7 heteroatoms. The van der Waals surface area contributed by atoms with Crippen molar-refractivity contribution in [1.82, 2.24) is 4.98 Å². The third kappa shape index (κ3) is 2.90. The standard InChI is InChI=1S/C8H11F3N2OS/c1-7(12,4-14-2)5-3-13-6(15-5)8(9,10)11/h3H,4,12H2,1-2H3. The maximum absolute atomic E-state index is 12.3. The lowest BCUT2D eigenvalue weighted by molar-refractivity contribution is -0.137. The van der Waals surface area contributed by atoms with Crippen molar-refractivity contribution < 1.29 is 17.9 Å². The summed E-state index contributed by atoms with van der Waals surface area (Å²) in [5, 5.41) is -0.884. The molecule has 1 aromatic rings. The molecule has 0 aliphatic heterocycles. The third-order valence-electron chi connectivity index (χ3n) is 1.76. The van der Waals surface area contributed by atoms with Gasteiger partial charge in [-0.1, -0.05) is 0 Å². The summed E-state index contributed by atoms with van der Waals surface area (Å²) in [6, 6.07) is 0. The number of nitrogens with zero attached hydrogens (tertiary/aromatic N) is 1. The van der Waals surface area contributed by atoms with Gasteiger partial charge in [0.15, 0.2) is 5.01 Å². The summed E-state index contributed by atoms with van der Waals surface area (Å²) in [4.78, 5) is 3.65. The van der Waals surface area contributed by atoms with E-state index in [-0.39, 0.29) is 6.61 Å². The molecule has 0 bridgehead atoms. The molecule has 1 aromatic heterocycles. The molecule has 0 radical (unpaired) electrons. The first kappa shape index (κ1) is 12.4. The van der Waals surface area contributed by atoms with Crippen LogP contribution in [0.15, 0.2) is 6.20 Å². The minimum atomic E-state index is -4.41. The fraction of sp³-hybridized carbons (Fsp3) is 0.625. The van der Waals surface area contributed by atoms with Crippen molar-refractivity contribution in [1.29, 1.82) is 0 Å². The van der Waals surface area contributed by atoms with E-state index in [1.165, 1.54) is 7.11 Å². The van der Waals surface area contributed by atoms with Gasteiger partial charge in [-0.3, -0.25) is 0 Å². The average Bonchev–Trinajstić information content (AvgIpc) is 2.50. The van der Waals surface area contributed by atoms with Crippen LogP contribution in [0.2, 0.25) is 0 Å². The van der Waals surface area contributed by atoms with Crippen LogP contribution in [0.5, 0.6) is 0 Å². The SMILES string of the molecule is COCC(C)(N)c1cnc(C(F)(F)F)s1. The molecule has 0 aromatic carbocycles. The summed E-state index contributed by atoms with van der Waals surface area (Å²) in [5.74, 6) is 0. The second kappa shape index (κ2) is 4.07. The molecule has 0 saturated carbocycles.